The third-order valence-corrected chi connectivity index (χ3v) is 6.41. The van der Waals surface area contributed by atoms with Gasteiger partial charge in [-0.25, -0.2) is 15.0 Å². The molecule has 0 atom stereocenters. The molecule has 0 saturated carbocycles. The van der Waals surface area contributed by atoms with Crippen LogP contribution >= 0.6 is 0 Å². The number of benzene rings is 2. The van der Waals surface area contributed by atoms with Crippen molar-refractivity contribution in [2.45, 2.75) is 67.7 Å². The molecule has 7 aromatic rings. The molecule has 2 aromatic carbocycles. The number of rotatable bonds is 3. The molecule has 0 fully saturated rings. The van der Waals surface area contributed by atoms with Gasteiger partial charge < -0.3 is 0 Å². The maximum Gasteiger partial charge on any atom is 0.132 e. The van der Waals surface area contributed by atoms with Crippen molar-refractivity contribution < 1.29 is 0 Å². The highest BCUT2D eigenvalue weighted by atomic mass is 15.0. The molecule has 5 aromatic heterocycles. The van der Waals surface area contributed by atoms with E-state index in [2.05, 4.69) is 104 Å². The van der Waals surface area contributed by atoms with E-state index in [0.29, 0.717) is 0 Å². The van der Waals surface area contributed by atoms with Crippen LogP contribution in [-0.2, 0) is 19.3 Å². The van der Waals surface area contributed by atoms with Gasteiger partial charge in [-0.15, -0.1) is 0 Å². The molecule has 44 heavy (non-hydrogen) atoms. The minimum Gasteiger partial charge on any atom is -0.254 e. The molecule has 7 nitrogen and oxygen atoms in total. The Morgan fingerprint density at radius 3 is 0.795 bits per heavy atom. The van der Waals surface area contributed by atoms with Crippen molar-refractivity contribution in [3.8, 4) is 0 Å². The number of nitrogens with zero attached hydrogens (tertiary/aromatic N) is 7. The second kappa shape index (κ2) is 17.9. The maximum absolute atomic E-state index is 4.35. The summed E-state index contributed by atoms with van der Waals surface area (Å²) < 4.78 is 0. The minimum atomic E-state index is 0.891. The molecule has 0 bridgehead atoms. The Hall–Kier alpha value is -4.91. The molecule has 5 heterocycles. The number of fused-ring (bicyclic) bond motifs is 6. The van der Waals surface area contributed by atoms with Crippen LogP contribution in [0.25, 0.3) is 43.6 Å². The lowest BCUT2D eigenvalue weighted by Gasteiger charge is -2.01. The standard InChI is InChI=1S/2C12H8N2.C9H15N3.2C2H6/c2*1-3-9-5-6-10-4-2-8-14-12(10)11(9)13-7-1;1-4-7-10-8(5-2)12-9(6-3)11-7;2*1-2/h2*1-8H;4-6H2,1-3H3;2*1-2H3. The van der Waals surface area contributed by atoms with Gasteiger partial charge in [0, 0.05) is 65.6 Å². The van der Waals surface area contributed by atoms with Gasteiger partial charge in [0.25, 0.3) is 0 Å². The summed E-state index contributed by atoms with van der Waals surface area (Å²) in [6.07, 6.45) is 9.88. The van der Waals surface area contributed by atoms with Gasteiger partial charge in [-0.05, 0) is 24.3 Å². The van der Waals surface area contributed by atoms with E-state index in [-0.39, 0.29) is 0 Å². The van der Waals surface area contributed by atoms with E-state index in [4.69, 9.17) is 0 Å². The summed E-state index contributed by atoms with van der Waals surface area (Å²) in [6.45, 7) is 14.2. The van der Waals surface area contributed by atoms with E-state index < -0.39 is 0 Å². The van der Waals surface area contributed by atoms with Gasteiger partial charge in [-0.2, -0.15) is 0 Å². The van der Waals surface area contributed by atoms with Crippen molar-refractivity contribution >= 4 is 43.6 Å². The molecular weight excluding hydrogens is 542 g/mol. The fraction of sp³-hybridized carbons (Fsp3) is 0.270. The molecule has 0 saturated heterocycles. The number of hydrogen-bond donors (Lipinski definition) is 0. The summed E-state index contributed by atoms with van der Waals surface area (Å²) in [5.74, 6) is 2.75. The van der Waals surface area contributed by atoms with Gasteiger partial charge in [0.1, 0.15) is 17.5 Å². The second-order valence-corrected chi connectivity index (χ2v) is 9.08. The molecule has 0 aliphatic carbocycles. The molecular formula is C37H43N7. The third kappa shape index (κ3) is 8.57. The van der Waals surface area contributed by atoms with Crippen LogP contribution in [-0.4, -0.2) is 34.9 Å². The summed E-state index contributed by atoms with van der Waals surface area (Å²) >= 11 is 0. The molecule has 7 rings (SSSR count). The lowest BCUT2D eigenvalue weighted by Crippen LogP contribution is -2.05. The van der Waals surface area contributed by atoms with Crippen LogP contribution in [0.5, 0.6) is 0 Å². The van der Waals surface area contributed by atoms with Gasteiger partial charge in [0.15, 0.2) is 0 Å². The molecule has 0 aliphatic rings. The minimum absolute atomic E-state index is 0.891. The second-order valence-electron chi connectivity index (χ2n) is 9.08. The zero-order valence-electron chi connectivity index (χ0n) is 27.0. The predicted molar refractivity (Wildman–Crippen MR) is 185 cm³/mol. The molecule has 0 radical (unpaired) electrons. The van der Waals surface area contributed by atoms with E-state index in [9.17, 15) is 0 Å². The van der Waals surface area contributed by atoms with Crippen LogP contribution < -0.4 is 0 Å². The zero-order chi connectivity index (χ0) is 31.7. The first-order chi connectivity index (χ1) is 21.7. The molecule has 0 aliphatic heterocycles. The zero-order valence-corrected chi connectivity index (χ0v) is 27.0. The summed E-state index contributed by atoms with van der Waals surface area (Å²) in [6, 6.07) is 24.3. The average molecular weight is 586 g/mol. The van der Waals surface area contributed by atoms with Gasteiger partial charge in [0.2, 0.25) is 0 Å². The largest absolute Gasteiger partial charge is 0.254 e. The van der Waals surface area contributed by atoms with E-state index in [1.54, 1.807) is 24.8 Å². The predicted octanol–water partition coefficient (Wildman–Crippen LogP) is 9.18. The smallest absolute Gasteiger partial charge is 0.132 e. The first-order valence-electron chi connectivity index (χ1n) is 15.6. The van der Waals surface area contributed by atoms with Gasteiger partial charge in [-0.3, -0.25) is 19.9 Å². The Labute approximate surface area is 260 Å². The van der Waals surface area contributed by atoms with Gasteiger partial charge in [-0.1, -0.05) is 97.0 Å². The highest BCUT2D eigenvalue weighted by molar-refractivity contribution is 6.03. The Morgan fingerprint density at radius 1 is 0.364 bits per heavy atom. The van der Waals surface area contributed by atoms with Crippen molar-refractivity contribution in [1.82, 2.24) is 34.9 Å². The number of hydrogen-bond acceptors (Lipinski definition) is 7. The Kier molecular flexibility index (Phi) is 13.7. The van der Waals surface area contributed by atoms with Crippen molar-refractivity contribution in [2.24, 2.45) is 0 Å². The van der Waals surface area contributed by atoms with Gasteiger partial charge in [0.05, 0.1) is 22.1 Å². The lowest BCUT2D eigenvalue weighted by atomic mass is 10.1. The molecule has 0 N–H and O–H groups in total. The molecule has 0 spiro atoms. The van der Waals surface area contributed by atoms with E-state index in [1.807, 2.05) is 52.0 Å². The fourth-order valence-electron chi connectivity index (χ4n) is 4.36. The third-order valence-electron chi connectivity index (χ3n) is 6.41. The van der Waals surface area contributed by atoms with Crippen LogP contribution in [0.2, 0.25) is 0 Å². The van der Waals surface area contributed by atoms with Gasteiger partial charge >= 0.3 is 0 Å². The highest BCUT2D eigenvalue weighted by Crippen LogP contribution is 2.21. The molecule has 0 amide bonds. The molecule has 226 valence electrons. The lowest BCUT2D eigenvalue weighted by molar-refractivity contribution is 0.772. The first kappa shape index (κ1) is 33.6. The van der Waals surface area contributed by atoms with Crippen molar-refractivity contribution in [3.05, 3.63) is 115 Å². The van der Waals surface area contributed by atoms with Crippen LogP contribution in [0.3, 0.4) is 0 Å². The van der Waals surface area contributed by atoms with E-state index in [0.717, 1.165) is 80.3 Å². The van der Waals surface area contributed by atoms with Crippen LogP contribution in [0.1, 0.15) is 65.9 Å². The number of pyridine rings is 4. The first-order valence-corrected chi connectivity index (χ1v) is 15.6. The summed E-state index contributed by atoms with van der Waals surface area (Å²) in [5.41, 5.74) is 3.91. The average Bonchev–Trinajstić information content (AvgIpc) is 3.13. The van der Waals surface area contributed by atoms with Crippen molar-refractivity contribution in [1.29, 1.82) is 0 Å². The molecule has 7 heteroatoms. The van der Waals surface area contributed by atoms with E-state index >= 15 is 0 Å². The Balaban J connectivity index is 0.000000171. The SMILES string of the molecule is CC.CC.CCc1nc(CC)nc(CC)n1.c1cnc2c(c1)ccc1cccnc12.c1cnc2c(c1)ccc1cccnc12. The Morgan fingerprint density at radius 2 is 0.591 bits per heavy atom. The Bertz CT molecular complexity index is 1610. The number of aryl methyl sites for hydroxylation is 3. The summed E-state index contributed by atoms with van der Waals surface area (Å²) in [4.78, 5) is 30.3. The highest BCUT2D eigenvalue weighted by Gasteiger charge is 2.02. The van der Waals surface area contributed by atoms with E-state index in [1.165, 1.54) is 0 Å². The quantitative estimate of drug-likeness (QED) is 0.191. The van der Waals surface area contributed by atoms with Crippen LogP contribution in [0.4, 0.5) is 0 Å². The normalized spacial score (nSPS) is 9.98. The molecule has 0 unspecified atom stereocenters. The summed E-state index contributed by atoms with van der Waals surface area (Å²) in [7, 11) is 0. The maximum atomic E-state index is 4.35. The topological polar surface area (TPSA) is 90.2 Å². The van der Waals surface area contributed by atoms with Crippen molar-refractivity contribution in [2.75, 3.05) is 0 Å². The number of aromatic nitrogens is 7. The van der Waals surface area contributed by atoms with Crippen LogP contribution in [0, 0.1) is 0 Å². The summed E-state index contributed by atoms with van der Waals surface area (Å²) in [5, 5.41) is 4.55. The fourth-order valence-corrected chi connectivity index (χ4v) is 4.36. The van der Waals surface area contributed by atoms with Crippen LogP contribution in [0.15, 0.2) is 97.6 Å². The monoisotopic (exact) mass is 585 g/mol. The van der Waals surface area contributed by atoms with Crippen molar-refractivity contribution in [3.63, 3.8) is 0 Å².